The van der Waals surface area contributed by atoms with Crippen molar-refractivity contribution in [3.05, 3.63) is 75.8 Å². The Bertz CT molecular complexity index is 891. The molecule has 0 aliphatic carbocycles. The van der Waals surface area contributed by atoms with Gasteiger partial charge in [0.15, 0.2) is 6.10 Å². The first-order valence-corrected chi connectivity index (χ1v) is 10.4. The van der Waals surface area contributed by atoms with E-state index in [1.165, 1.54) is 0 Å². The van der Waals surface area contributed by atoms with Crippen LogP contribution in [0.3, 0.4) is 0 Å². The van der Waals surface area contributed by atoms with Gasteiger partial charge in [-0.15, -0.1) is 0 Å². The maximum Gasteiger partial charge on any atom is 0.335 e. The molecule has 0 spiro atoms. The summed E-state index contributed by atoms with van der Waals surface area (Å²) in [4.78, 5) is 12.0. The van der Waals surface area contributed by atoms with Crippen LogP contribution in [0.1, 0.15) is 25.0 Å². The van der Waals surface area contributed by atoms with Crippen molar-refractivity contribution >= 4 is 29.2 Å². The van der Waals surface area contributed by atoms with E-state index in [1.807, 2.05) is 37.3 Å². The van der Waals surface area contributed by atoms with Crippen LogP contribution >= 0.6 is 23.2 Å². The molecule has 0 heterocycles. The van der Waals surface area contributed by atoms with E-state index < -0.39 is 6.10 Å². The van der Waals surface area contributed by atoms with Crippen LogP contribution in [0.25, 0.3) is 0 Å². The quantitative estimate of drug-likeness (QED) is 0.377. The summed E-state index contributed by atoms with van der Waals surface area (Å²) in [5.41, 5.74) is 1.72. The summed E-state index contributed by atoms with van der Waals surface area (Å²) in [5, 5.41) is 1.11. The molecule has 1 unspecified atom stereocenters. The van der Waals surface area contributed by atoms with Gasteiger partial charge in [-0.2, -0.15) is 0 Å². The van der Waals surface area contributed by atoms with Crippen molar-refractivity contribution in [1.29, 1.82) is 0 Å². The summed E-state index contributed by atoms with van der Waals surface area (Å²) in [6.07, 6.45) is 3.39. The first-order chi connectivity index (χ1) is 14.5. The number of halogens is 2. The number of benzene rings is 2. The number of esters is 1. The van der Waals surface area contributed by atoms with E-state index in [9.17, 15) is 4.79 Å². The van der Waals surface area contributed by atoms with Crippen LogP contribution in [0.15, 0.2) is 54.6 Å². The van der Waals surface area contributed by atoms with E-state index >= 15 is 0 Å². The molecule has 0 saturated carbocycles. The summed E-state index contributed by atoms with van der Waals surface area (Å²) in [6.45, 7) is 4.80. The number of ether oxygens (including phenoxy) is 3. The molecule has 6 heteroatoms. The highest BCUT2D eigenvalue weighted by Gasteiger charge is 2.20. The van der Waals surface area contributed by atoms with Crippen molar-refractivity contribution in [1.82, 2.24) is 0 Å². The normalized spacial score (nSPS) is 11.6. The van der Waals surface area contributed by atoms with E-state index in [-0.39, 0.29) is 5.97 Å². The second-order valence-corrected chi connectivity index (χ2v) is 7.06. The summed E-state index contributed by atoms with van der Waals surface area (Å²) < 4.78 is 16.2. The van der Waals surface area contributed by atoms with Crippen LogP contribution in [0.2, 0.25) is 10.0 Å². The Morgan fingerprint density at radius 1 is 1.07 bits per heavy atom. The minimum Gasteiger partial charge on any atom is -0.490 e. The minimum absolute atomic E-state index is 0.333. The van der Waals surface area contributed by atoms with Gasteiger partial charge in [0.2, 0.25) is 0 Å². The lowest BCUT2D eigenvalue weighted by Gasteiger charge is -2.15. The lowest BCUT2D eigenvalue weighted by atomic mass is 10.1. The number of hydrogen-bond acceptors (Lipinski definition) is 4. The van der Waals surface area contributed by atoms with E-state index in [0.29, 0.717) is 36.3 Å². The lowest BCUT2D eigenvalue weighted by molar-refractivity contribution is -0.156. The van der Waals surface area contributed by atoms with Crippen LogP contribution in [0.4, 0.5) is 0 Å². The van der Waals surface area contributed by atoms with Gasteiger partial charge in [-0.25, -0.2) is 4.79 Å². The highest BCUT2D eigenvalue weighted by Crippen LogP contribution is 2.18. The van der Waals surface area contributed by atoms with E-state index in [2.05, 4.69) is 11.8 Å². The number of carbonyl (C=O) groups is 1. The van der Waals surface area contributed by atoms with Gasteiger partial charge < -0.3 is 14.2 Å². The Morgan fingerprint density at radius 2 is 1.77 bits per heavy atom. The van der Waals surface area contributed by atoms with Gasteiger partial charge in [-0.1, -0.05) is 47.2 Å². The van der Waals surface area contributed by atoms with Gasteiger partial charge in [0.25, 0.3) is 0 Å². The molecule has 0 radical (unpaired) electrons. The Labute approximate surface area is 187 Å². The molecule has 30 heavy (non-hydrogen) atoms. The Morgan fingerprint density at radius 3 is 2.40 bits per heavy atom. The zero-order valence-electron chi connectivity index (χ0n) is 17.0. The molecule has 0 aliphatic rings. The predicted octanol–water partition coefficient (Wildman–Crippen LogP) is 5.49. The molecule has 0 fully saturated rings. The van der Waals surface area contributed by atoms with Crippen molar-refractivity contribution in [2.75, 3.05) is 19.8 Å². The molecule has 0 aromatic heterocycles. The molecule has 2 rings (SSSR count). The molecule has 0 saturated heterocycles. The highest BCUT2D eigenvalue weighted by atomic mass is 35.5. The fraction of sp³-hybridized carbons (Fsp3) is 0.292. The van der Waals surface area contributed by atoms with Gasteiger partial charge in [0.05, 0.1) is 6.61 Å². The zero-order valence-corrected chi connectivity index (χ0v) is 18.5. The molecular formula is C24H24Cl2O4. The fourth-order valence-electron chi connectivity index (χ4n) is 2.58. The first kappa shape index (κ1) is 23.8. The van der Waals surface area contributed by atoms with Crippen molar-refractivity contribution in [2.24, 2.45) is 0 Å². The summed E-state index contributed by atoms with van der Waals surface area (Å²) in [5.74, 6) is 6.27. The Hall–Kier alpha value is -2.45. The van der Waals surface area contributed by atoms with Crippen LogP contribution in [0.5, 0.6) is 5.75 Å². The van der Waals surface area contributed by atoms with Crippen molar-refractivity contribution in [3.8, 4) is 17.6 Å². The number of allylic oxidation sites excluding steroid dienone is 1. The number of carbonyl (C=O) groups excluding carboxylic acids is 1. The lowest BCUT2D eigenvalue weighted by Crippen LogP contribution is -2.28. The van der Waals surface area contributed by atoms with E-state index in [4.69, 9.17) is 37.4 Å². The monoisotopic (exact) mass is 446 g/mol. The largest absolute Gasteiger partial charge is 0.490 e. The molecule has 0 N–H and O–H groups in total. The standard InChI is InChI=1S/C24H24Cl2O4/c1-3-28-23(24(27)29-4-2)16-18-9-11-22(12-10-18)30-13-7-5-6-8-19-14-20(25)17-21(26)15-19/h5,7,9-12,14-15,17,23H,3-4,13,16H2,1-2H3. The van der Waals surface area contributed by atoms with Crippen LogP contribution < -0.4 is 4.74 Å². The van der Waals surface area contributed by atoms with Crippen molar-refractivity contribution in [3.63, 3.8) is 0 Å². The van der Waals surface area contributed by atoms with Crippen LogP contribution in [0, 0.1) is 11.8 Å². The average molecular weight is 447 g/mol. The SMILES string of the molecule is CCOC(=O)C(Cc1ccc(OCC=CC#Cc2cc(Cl)cc(Cl)c2)cc1)OCC. The molecule has 2 aromatic carbocycles. The predicted molar refractivity (Wildman–Crippen MR) is 120 cm³/mol. The molecule has 4 nitrogen and oxygen atoms in total. The molecule has 0 bridgehead atoms. The fourth-order valence-corrected chi connectivity index (χ4v) is 3.11. The van der Waals surface area contributed by atoms with Crippen molar-refractivity contribution < 1.29 is 19.0 Å². The molecule has 2 aromatic rings. The highest BCUT2D eigenvalue weighted by molar-refractivity contribution is 6.34. The van der Waals surface area contributed by atoms with Crippen molar-refractivity contribution in [2.45, 2.75) is 26.4 Å². The van der Waals surface area contributed by atoms with Gasteiger partial charge in [0.1, 0.15) is 12.4 Å². The average Bonchev–Trinajstić information content (AvgIpc) is 2.71. The third-order valence-corrected chi connectivity index (χ3v) is 4.32. The zero-order chi connectivity index (χ0) is 21.8. The van der Waals surface area contributed by atoms with Gasteiger partial charge in [-0.3, -0.25) is 0 Å². The number of hydrogen-bond donors (Lipinski definition) is 0. The molecule has 0 aliphatic heterocycles. The first-order valence-electron chi connectivity index (χ1n) is 9.64. The summed E-state index contributed by atoms with van der Waals surface area (Å²) in [6, 6.07) is 12.7. The molecule has 1 atom stereocenters. The van der Waals surface area contributed by atoms with Crippen LogP contribution in [-0.2, 0) is 20.7 Å². The van der Waals surface area contributed by atoms with E-state index in [1.54, 1.807) is 31.2 Å². The summed E-state index contributed by atoms with van der Waals surface area (Å²) in [7, 11) is 0. The van der Waals surface area contributed by atoms with Gasteiger partial charge >= 0.3 is 5.97 Å². The Balaban J connectivity index is 1.83. The smallest absolute Gasteiger partial charge is 0.335 e. The third-order valence-electron chi connectivity index (χ3n) is 3.89. The van der Waals surface area contributed by atoms with Gasteiger partial charge in [0, 0.05) is 28.6 Å². The molecule has 158 valence electrons. The second-order valence-electron chi connectivity index (χ2n) is 6.18. The maximum absolute atomic E-state index is 12.0. The minimum atomic E-state index is -0.599. The molecular weight excluding hydrogens is 423 g/mol. The maximum atomic E-state index is 12.0. The second kappa shape index (κ2) is 13.0. The van der Waals surface area contributed by atoms with Crippen LogP contribution in [-0.4, -0.2) is 31.9 Å². The number of rotatable bonds is 9. The molecule has 0 amide bonds. The topological polar surface area (TPSA) is 44.8 Å². The third kappa shape index (κ3) is 8.51. The van der Waals surface area contributed by atoms with E-state index in [0.717, 1.165) is 16.9 Å². The Kier molecular flexibility index (Phi) is 10.3. The van der Waals surface area contributed by atoms with Gasteiger partial charge in [-0.05, 0) is 61.9 Å². The summed E-state index contributed by atoms with van der Waals surface area (Å²) >= 11 is 11.9.